The quantitative estimate of drug-likeness (QED) is 0.286. The molecule has 1 N–H and O–H groups in total. The maximum absolute atomic E-state index is 10.0. The zero-order valence-electron chi connectivity index (χ0n) is 19.3. The zero-order chi connectivity index (χ0) is 21.2. The highest BCUT2D eigenvalue weighted by Gasteiger charge is 2.31. The van der Waals surface area contributed by atoms with Gasteiger partial charge in [-0.15, -0.1) is 0 Å². The SMILES string of the molecule is CCCCCCCCCCCCN1CC(COCC)OB(O)OC(COCC)C1. The van der Waals surface area contributed by atoms with Gasteiger partial charge in [0.1, 0.15) is 0 Å². The van der Waals surface area contributed by atoms with Crippen LogP contribution in [0.25, 0.3) is 0 Å². The Morgan fingerprint density at radius 3 is 1.66 bits per heavy atom. The lowest BCUT2D eigenvalue weighted by Gasteiger charge is -2.34. The van der Waals surface area contributed by atoms with Crippen molar-refractivity contribution in [2.75, 3.05) is 46.1 Å². The molecule has 0 aromatic rings. The summed E-state index contributed by atoms with van der Waals surface area (Å²) in [5, 5.41) is 10.0. The van der Waals surface area contributed by atoms with Crippen LogP contribution < -0.4 is 0 Å². The smallest absolute Gasteiger partial charge is 0.402 e. The monoisotopic (exact) mass is 415 g/mol. The Hall–Kier alpha value is -0.175. The third-order valence-corrected chi connectivity index (χ3v) is 5.39. The molecule has 1 aliphatic heterocycles. The predicted octanol–water partition coefficient (Wildman–Crippen LogP) is 4.04. The van der Waals surface area contributed by atoms with Crippen molar-refractivity contribution in [2.24, 2.45) is 0 Å². The Balaban J connectivity index is 2.31. The first-order valence-electron chi connectivity index (χ1n) is 12.1. The van der Waals surface area contributed by atoms with Crippen LogP contribution in [0.5, 0.6) is 0 Å². The van der Waals surface area contributed by atoms with Crippen molar-refractivity contribution in [3.8, 4) is 0 Å². The van der Waals surface area contributed by atoms with Crippen LogP contribution in [0.3, 0.4) is 0 Å². The standard InChI is InChI=1S/C22H46BNO5/c1-4-7-8-9-10-11-12-13-14-15-16-24-17-21(19-26-5-2)28-23(25)29-22(18-24)20-27-6-3/h21-22,25H,4-20H2,1-3H3. The molecule has 0 spiro atoms. The number of ether oxygens (including phenoxy) is 2. The van der Waals surface area contributed by atoms with Crippen molar-refractivity contribution in [1.82, 2.24) is 4.90 Å². The molecule has 0 amide bonds. The largest absolute Gasteiger partial charge is 0.637 e. The van der Waals surface area contributed by atoms with Crippen LogP contribution in [0.2, 0.25) is 0 Å². The lowest BCUT2D eigenvalue weighted by Crippen LogP contribution is -2.50. The second-order valence-corrected chi connectivity index (χ2v) is 8.08. The van der Waals surface area contributed by atoms with Gasteiger partial charge in [-0.25, -0.2) is 0 Å². The summed E-state index contributed by atoms with van der Waals surface area (Å²) >= 11 is 0. The minimum absolute atomic E-state index is 0.180. The first-order chi connectivity index (χ1) is 14.2. The molecule has 2 atom stereocenters. The zero-order valence-corrected chi connectivity index (χ0v) is 19.3. The molecular formula is C22H46BNO5. The average Bonchev–Trinajstić information content (AvgIpc) is 2.70. The molecule has 0 aliphatic carbocycles. The first-order valence-corrected chi connectivity index (χ1v) is 12.1. The maximum atomic E-state index is 10.0. The van der Waals surface area contributed by atoms with E-state index in [9.17, 15) is 5.02 Å². The molecule has 0 radical (unpaired) electrons. The maximum Gasteiger partial charge on any atom is 0.637 e. The van der Waals surface area contributed by atoms with Gasteiger partial charge in [-0.3, -0.25) is 4.90 Å². The van der Waals surface area contributed by atoms with Gasteiger partial charge in [-0.1, -0.05) is 64.7 Å². The summed E-state index contributed by atoms with van der Waals surface area (Å²) in [6.45, 7) is 11.0. The van der Waals surface area contributed by atoms with Gasteiger partial charge < -0.3 is 23.8 Å². The molecule has 172 valence electrons. The fourth-order valence-corrected chi connectivity index (χ4v) is 3.79. The van der Waals surface area contributed by atoms with Gasteiger partial charge in [0.05, 0.1) is 25.4 Å². The highest BCUT2D eigenvalue weighted by molar-refractivity contribution is 6.34. The minimum Gasteiger partial charge on any atom is -0.402 e. The van der Waals surface area contributed by atoms with Gasteiger partial charge in [0.15, 0.2) is 0 Å². The molecular weight excluding hydrogens is 369 g/mol. The Morgan fingerprint density at radius 2 is 1.21 bits per heavy atom. The highest BCUT2D eigenvalue weighted by Crippen LogP contribution is 2.14. The van der Waals surface area contributed by atoms with E-state index < -0.39 is 7.32 Å². The Labute approximate surface area is 179 Å². The number of hydrogen-bond donors (Lipinski definition) is 1. The topological polar surface area (TPSA) is 60.4 Å². The van der Waals surface area contributed by atoms with Crippen LogP contribution in [0.4, 0.5) is 0 Å². The molecule has 1 fully saturated rings. The summed E-state index contributed by atoms with van der Waals surface area (Å²) in [6.07, 6.45) is 13.0. The van der Waals surface area contributed by atoms with E-state index in [4.69, 9.17) is 18.8 Å². The Morgan fingerprint density at radius 1 is 0.759 bits per heavy atom. The molecule has 1 aliphatic rings. The van der Waals surface area contributed by atoms with E-state index in [1.54, 1.807) is 0 Å². The summed E-state index contributed by atoms with van der Waals surface area (Å²) in [7, 11) is -1.22. The van der Waals surface area contributed by atoms with Crippen molar-refractivity contribution in [1.29, 1.82) is 0 Å². The lowest BCUT2D eigenvalue weighted by atomic mass is 10.1. The molecule has 0 saturated carbocycles. The summed E-state index contributed by atoms with van der Waals surface area (Å²) < 4.78 is 22.3. The second kappa shape index (κ2) is 18.6. The van der Waals surface area contributed by atoms with E-state index in [0.29, 0.717) is 26.4 Å². The number of rotatable bonds is 17. The van der Waals surface area contributed by atoms with Crippen molar-refractivity contribution in [3.05, 3.63) is 0 Å². The normalized spacial score (nSPS) is 21.3. The first kappa shape index (κ1) is 26.9. The van der Waals surface area contributed by atoms with E-state index in [-0.39, 0.29) is 12.2 Å². The molecule has 1 heterocycles. The van der Waals surface area contributed by atoms with E-state index in [1.807, 2.05) is 13.8 Å². The average molecular weight is 415 g/mol. The molecule has 6 nitrogen and oxygen atoms in total. The summed E-state index contributed by atoms with van der Waals surface area (Å²) in [5.41, 5.74) is 0. The van der Waals surface area contributed by atoms with Crippen LogP contribution in [0.15, 0.2) is 0 Å². The van der Waals surface area contributed by atoms with Crippen molar-refractivity contribution in [3.63, 3.8) is 0 Å². The van der Waals surface area contributed by atoms with Gasteiger partial charge in [0, 0.05) is 26.3 Å². The molecule has 0 bridgehead atoms. The Bertz CT molecular complexity index is 344. The third kappa shape index (κ3) is 14.5. The van der Waals surface area contributed by atoms with Crippen molar-refractivity contribution < 1.29 is 23.8 Å². The molecule has 7 heteroatoms. The van der Waals surface area contributed by atoms with Crippen LogP contribution in [-0.4, -0.2) is 75.5 Å². The van der Waals surface area contributed by atoms with Gasteiger partial charge in [-0.05, 0) is 26.8 Å². The van der Waals surface area contributed by atoms with E-state index >= 15 is 0 Å². The van der Waals surface area contributed by atoms with E-state index in [0.717, 1.165) is 19.6 Å². The van der Waals surface area contributed by atoms with Crippen molar-refractivity contribution in [2.45, 2.75) is 97.2 Å². The highest BCUT2D eigenvalue weighted by atomic mass is 16.7. The molecule has 1 saturated heterocycles. The van der Waals surface area contributed by atoms with Crippen LogP contribution in [0.1, 0.15) is 85.0 Å². The molecule has 0 aromatic carbocycles. The fourth-order valence-electron chi connectivity index (χ4n) is 3.79. The number of nitrogens with zero attached hydrogens (tertiary/aromatic N) is 1. The number of hydrogen-bond acceptors (Lipinski definition) is 6. The van der Waals surface area contributed by atoms with E-state index in [1.165, 1.54) is 64.2 Å². The van der Waals surface area contributed by atoms with Crippen molar-refractivity contribution >= 4 is 7.32 Å². The van der Waals surface area contributed by atoms with E-state index in [2.05, 4.69) is 11.8 Å². The Kier molecular flexibility index (Phi) is 17.2. The van der Waals surface area contributed by atoms with Gasteiger partial charge in [-0.2, -0.15) is 0 Å². The van der Waals surface area contributed by atoms with Gasteiger partial charge in [0.2, 0.25) is 0 Å². The molecule has 1 rings (SSSR count). The van der Waals surface area contributed by atoms with Crippen LogP contribution in [-0.2, 0) is 18.8 Å². The third-order valence-electron chi connectivity index (χ3n) is 5.39. The minimum atomic E-state index is -1.22. The fraction of sp³-hybridized carbons (Fsp3) is 1.00. The van der Waals surface area contributed by atoms with Gasteiger partial charge >= 0.3 is 7.32 Å². The summed E-state index contributed by atoms with van der Waals surface area (Å²) in [5.74, 6) is 0. The molecule has 29 heavy (non-hydrogen) atoms. The predicted molar refractivity (Wildman–Crippen MR) is 119 cm³/mol. The van der Waals surface area contributed by atoms with Crippen LogP contribution >= 0.6 is 0 Å². The molecule has 2 unspecified atom stereocenters. The number of unbranched alkanes of at least 4 members (excludes halogenated alkanes) is 9. The summed E-state index contributed by atoms with van der Waals surface area (Å²) in [4.78, 5) is 2.38. The lowest BCUT2D eigenvalue weighted by molar-refractivity contribution is -0.0557. The van der Waals surface area contributed by atoms with Gasteiger partial charge in [0.25, 0.3) is 0 Å². The summed E-state index contributed by atoms with van der Waals surface area (Å²) in [6, 6.07) is 0. The van der Waals surface area contributed by atoms with Crippen LogP contribution in [0, 0.1) is 0 Å². The second-order valence-electron chi connectivity index (χ2n) is 8.08. The molecule has 0 aromatic heterocycles.